The van der Waals surface area contributed by atoms with E-state index in [1.54, 1.807) is 0 Å². The van der Waals surface area contributed by atoms with Crippen LogP contribution in [-0.4, -0.2) is 37.7 Å². The lowest BCUT2D eigenvalue weighted by atomic mass is 10.00. The number of rotatable bonds is 4. The highest BCUT2D eigenvalue weighted by Gasteiger charge is 2.29. The van der Waals surface area contributed by atoms with Gasteiger partial charge in [-0.05, 0) is 26.5 Å². The fourth-order valence-corrected chi connectivity index (χ4v) is 3.19. The molecule has 108 valence electrons. The van der Waals surface area contributed by atoms with Crippen LogP contribution in [0.3, 0.4) is 0 Å². The van der Waals surface area contributed by atoms with Gasteiger partial charge in [-0.15, -0.1) is 0 Å². The molecule has 0 bridgehead atoms. The van der Waals surface area contributed by atoms with E-state index in [1.165, 1.54) is 10.9 Å². The number of hydrogen-bond donors (Lipinski definition) is 1. The van der Waals surface area contributed by atoms with Gasteiger partial charge >= 0.3 is 0 Å². The predicted molar refractivity (Wildman–Crippen MR) is 79.7 cm³/mol. The first-order chi connectivity index (χ1) is 9.72. The van der Waals surface area contributed by atoms with Crippen molar-refractivity contribution in [3.63, 3.8) is 0 Å². The van der Waals surface area contributed by atoms with Gasteiger partial charge in [0.15, 0.2) is 0 Å². The van der Waals surface area contributed by atoms with Crippen LogP contribution >= 0.6 is 0 Å². The zero-order valence-corrected chi connectivity index (χ0v) is 12.1. The second-order valence-electron chi connectivity index (χ2n) is 5.50. The van der Waals surface area contributed by atoms with Crippen LogP contribution in [0.5, 0.6) is 0 Å². The minimum Gasteiger partial charge on any atom is -0.461 e. The fourth-order valence-electron chi connectivity index (χ4n) is 3.19. The van der Waals surface area contributed by atoms with Gasteiger partial charge in [0.05, 0.1) is 12.6 Å². The van der Waals surface area contributed by atoms with Crippen molar-refractivity contribution >= 4 is 11.0 Å². The smallest absolute Gasteiger partial charge is 0.134 e. The van der Waals surface area contributed by atoms with Crippen molar-refractivity contribution in [3.05, 3.63) is 35.6 Å². The molecule has 1 saturated heterocycles. The molecule has 20 heavy (non-hydrogen) atoms. The van der Waals surface area contributed by atoms with Gasteiger partial charge in [-0.25, -0.2) is 0 Å². The molecular weight excluding hydrogens is 252 g/mol. The molecule has 0 radical (unpaired) electrons. The molecule has 1 fully saturated rings. The number of aryl methyl sites for hydroxylation is 1. The Morgan fingerprint density at radius 3 is 2.90 bits per heavy atom. The van der Waals surface area contributed by atoms with Crippen molar-refractivity contribution < 1.29 is 9.15 Å². The number of nitrogens with zero attached hydrogens (tertiary/aromatic N) is 1. The summed E-state index contributed by atoms with van der Waals surface area (Å²) in [4.78, 5) is 2.34. The molecule has 0 saturated carbocycles. The molecule has 2 atom stereocenters. The Morgan fingerprint density at radius 2 is 2.20 bits per heavy atom. The average Bonchev–Trinajstić information content (AvgIpc) is 3.08. The predicted octanol–water partition coefficient (Wildman–Crippen LogP) is 2.46. The number of likely N-dealkylation sites (N-methyl/N-ethyl adjacent to an activating group) is 1. The van der Waals surface area contributed by atoms with Crippen molar-refractivity contribution in [1.29, 1.82) is 0 Å². The van der Waals surface area contributed by atoms with Gasteiger partial charge in [0.1, 0.15) is 11.3 Å². The normalized spacial score (nSPS) is 20.9. The molecule has 2 N–H and O–H groups in total. The van der Waals surface area contributed by atoms with Crippen molar-refractivity contribution in [2.45, 2.75) is 25.4 Å². The van der Waals surface area contributed by atoms with Crippen LogP contribution in [0.2, 0.25) is 0 Å². The Kier molecular flexibility index (Phi) is 3.78. The zero-order valence-electron chi connectivity index (χ0n) is 12.1. The number of hydrogen-bond acceptors (Lipinski definition) is 4. The molecule has 1 aliphatic heterocycles. The molecule has 4 nitrogen and oxygen atoms in total. The summed E-state index contributed by atoms with van der Waals surface area (Å²) in [7, 11) is 2.14. The van der Waals surface area contributed by atoms with Gasteiger partial charge < -0.3 is 14.9 Å². The maximum absolute atomic E-state index is 6.07. The summed E-state index contributed by atoms with van der Waals surface area (Å²) in [5.74, 6) is 0.965. The van der Waals surface area contributed by atoms with E-state index < -0.39 is 0 Å². The maximum atomic E-state index is 6.07. The first kappa shape index (κ1) is 13.6. The number of fused-ring (bicyclic) bond motifs is 1. The van der Waals surface area contributed by atoms with Gasteiger partial charge in [-0.1, -0.05) is 18.2 Å². The Labute approximate surface area is 119 Å². The molecule has 0 spiro atoms. The molecule has 2 heterocycles. The first-order valence-electron chi connectivity index (χ1n) is 7.20. The molecule has 1 aromatic heterocycles. The number of para-hydroxylation sites is 1. The summed E-state index contributed by atoms with van der Waals surface area (Å²) in [5.41, 5.74) is 8.23. The van der Waals surface area contributed by atoms with Crippen LogP contribution in [0, 0.1) is 6.92 Å². The summed E-state index contributed by atoms with van der Waals surface area (Å²) >= 11 is 0. The van der Waals surface area contributed by atoms with Crippen LogP contribution < -0.4 is 5.73 Å². The molecule has 0 amide bonds. The van der Waals surface area contributed by atoms with Gasteiger partial charge in [0.25, 0.3) is 0 Å². The quantitative estimate of drug-likeness (QED) is 0.930. The van der Waals surface area contributed by atoms with E-state index in [2.05, 4.69) is 18.0 Å². The van der Waals surface area contributed by atoms with E-state index in [0.717, 1.165) is 31.0 Å². The minimum absolute atomic E-state index is 0.172. The highest BCUT2D eigenvalue weighted by atomic mass is 16.5. The third-order valence-corrected chi connectivity index (χ3v) is 4.35. The molecule has 2 aromatic rings. The molecule has 1 aromatic carbocycles. The number of nitrogens with two attached hydrogens (primary N) is 1. The Bertz CT molecular complexity index is 587. The van der Waals surface area contributed by atoms with Crippen molar-refractivity contribution in [3.8, 4) is 0 Å². The molecule has 2 unspecified atom stereocenters. The lowest BCUT2D eigenvalue weighted by molar-refractivity contribution is 0.134. The molecule has 1 aliphatic rings. The van der Waals surface area contributed by atoms with E-state index >= 15 is 0 Å². The van der Waals surface area contributed by atoms with E-state index in [9.17, 15) is 0 Å². The SMILES string of the molecule is Cc1oc2ccccc2c1C(CN)N(C)C1CCOC1. The van der Waals surface area contributed by atoms with Crippen LogP contribution in [0.25, 0.3) is 11.0 Å². The van der Waals surface area contributed by atoms with Gasteiger partial charge in [-0.2, -0.15) is 0 Å². The second-order valence-corrected chi connectivity index (χ2v) is 5.50. The molecule has 4 heteroatoms. The third-order valence-electron chi connectivity index (χ3n) is 4.35. The highest BCUT2D eigenvalue weighted by Crippen LogP contribution is 2.34. The van der Waals surface area contributed by atoms with Gasteiger partial charge in [-0.3, -0.25) is 4.90 Å². The van der Waals surface area contributed by atoms with Crippen molar-refractivity contribution in [1.82, 2.24) is 4.90 Å². The summed E-state index contributed by atoms with van der Waals surface area (Å²) < 4.78 is 11.4. The van der Waals surface area contributed by atoms with Crippen LogP contribution in [0.1, 0.15) is 23.8 Å². The highest BCUT2D eigenvalue weighted by molar-refractivity contribution is 5.82. The van der Waals surface area contributed by atoms with E-state index in [0.29, 0.717) is 12.6 Å². The Hall–Kier alpha value is -1.36. The number of furan rings is 1. The van der Waals surface area contributed by atoms with Gasteiger partial charge in [0, 0.05) is 30.1 Å². The zero-order chi connectivity index (χ0) is 14.1. The first-order valence-corrected chi connectivity index (χ1v) is 7.20. The van der Waals surface area contributed by atoms with Crippen molar-refractivity contribution in [2.24, 2.45) is 5.73 Å². The van der Waals surface area contributed by atoms with Crippen LogP contribution in [0.4, 0.5) is 0 Å². The van der Waals surface area contributed by atoms with E-state index in [4.69, 9.17) is 14.9 Å². The van der Waals surface area contributed by atoms with Gasteiger partial charge in [0.2, 0.25) is 0 Å². The summed E-state index contributed by atoms with van der Waals surface area (Å²) in [6, 6.07) is 8.79. The third kappa shape index (κ3) is 2.24. The lowest BCUT2D eigenvalue weighted by Gasteiger charge is -2.31. The topological polar surface area (TPSA) is 51.6 Å². The number of benzene rings is 1. The van der Waals surface area contributed by atoms with E-state index in [-0.39, 0.29) is 6.04 Å². The van der Waals surface area contributed by atoms with Crippen molar-refractivity contribution in [2.75, 3.05) is 26.8 Å². The fraction of sp³-hybridized carbons (Fsp3) is 0.500. The molecular formula is C16H22N2O2. The Balaban J connectivity index is 2.00. The second kappa shape index (κ2) is 5.56. The summed E-state index contributed by atoms with van der Waals surface area (Å²) in [6.07, 6.45) is 1.07. The van der Waals surface area contributed by atoms with Crippen LogP contribution in [-0.2, 0) is 4.74 Å². The monoisotopic (exact) mass is 274 g/mol. The summed E-state index contributed by atoms with van der Waals surface area (Å²) in [5, 5.41) is 1.17. The molecule has 0 aliphatic carbocycles. The maximum Gasteiger partial charge on any atom is 0.134 e. The van der Waals surface area contributed by atoms with Crippen LogP contribution in [0.15, 0.2) is 28.7 Å². The summed E-state index contributed by atoms with van der Waals surface area (Å²) in [6.45, 7) is 4.24. The minimum atomic E-state index is 0.172. The standard InChI is InChI=1S/C16H22N2O2/c1-11-16(13-5-3-4-6-15(13)20-11)14(9-17)18(2)12-7-8-19-10-12/h3-6,12,14H,7-10,17H2,1-2H3. The van der Waals surface area contributed by atoms with E-state index in [1.807, 2.05) is 25.1 Å². The molecule has 3 rings (SSSR count). The lowest BCUT2D eigenvalue weighted by Crippen LogP contribution is -2.39. The largest absolute Gasteiger partial charge is 0.461 e. The Morgan fingerprint density at radius 1 is 1.40 bits per heavy atom. The average molecular weight is 274 g/mol. The number of ether oxygens (including phenoxy) is 1.